The molecule has 0 radical (unpaired) electrons. The van der Waals surface area contributed by atoms with Crippen LogP contribution in [0.4, 0.5) is 0 Å². The second-order valence-corrected chi connectivity index (χ2v) is 6.07. The predicted molar refractivity (Wildman–Crippen MR) is 82.2 cm³/mol. The van der Waals surface area contributed by atoms with E-state index in [-0.39, 0.29) is 5.92 Å². The third-order valence-electron chi connectivity index (χ3n) is 4.15. The maximum absolute atomic E-state index is 11.4. The Kier molecular flexibility index (Phi) is 5.62. The van der Waals surface area contributed by atoms with E-state index in [0.717, 1.165) is 43.1 Å². The van der Waals surface area contributed by atoms with E-state index >= 15 is 0 Å². The summed E-state index contributed by atoms with van der Waals surface area (Å²) in [5.41, 5.74) is 2.33. The van der Waals surface area contributed by atoms with Crippen LogP contribution in [-0.4, -0.2) is 42.3 Å². The number of halogens is 1. The molecule has 0 aliphatic carbocycles. The van der Waals surface area contributed by atoms with Gasteiger partial charge in [-0.25, -0.2) is 4.79 Å². The summed E-state index contributed by atoms with van der Waals surface area (Å²) in [6.07, 6.45) is 0.626. The van der Waals surface area contributed by atoms with Gasteiger partial charge in [0.2, 0.25) is 0 Å². The number of hydrogen-bond donors (Lipinski definition) is 1. The number of methoxy groups -OCH3 is 1. The number of benzene rings is 1. The summed E-state index contributed by atoms with van der Waals surface area (Å²) >= 11 is 6.04. The quantitative estimate of drug-likeness (QED) is 0.868. The van der Waals surface area contributed by atoms with Crippen molar-refractivity contribution in [3.8, 4) is 0 Å². The van der Waals surface area contributed by atoms with Crippen molar-refractivity contribution in [1.29, 1.82) is 0 Å². The first-order chi connectivity index (χ1) is 10.0. The first-order valence-electron chi connectivity index (χ1n) is 7.24. The van der Waals surface area contributed by atoms with Crippen molar-refractivity contribution in [3.05, 3.63) is 34.3 Å². The summed E-state index contributed by atoms with van der Waals surface area (Å²) in [5.74, 6) is -0.526. The molecule has 1 atom stereocenters. The summed E-state index contributed by atoms with van der Waals surface area (Å²) in [4.78, 5) is 13.7. The fraction of sp³-hybridized carbons (Fsp3) is 0.562. The summed E-state index contributed by atoms with van der Waals surface area (Å²) in [7, 11) is 1.31. The molecule has 1 aromatic carbocycles. The van der Waals surface area contributed by atoms with Gasteiger partial charge in [0, 0.05) is 11.6 Å². The Balaban J connectivity index is 1.86. The Morgan fingerprint density at radius 2 is 2.14 bits per heavy atom. The molecule has 4 nitrogen and oxygen atoms in total. The SMILES string of the molecule is COC(=O)C(O)C1CCN(Cc2ccc(Cl)c(C)c2)CC1. The van der Waals surface area contributed by atoms with E-state index in [2.05, 4.69) is 15.7 Å². The Hall–Kier alpha value is -1.10. The summed E-state index contributed by atoms with van der Waals surface area (Å²) in [5, 5.41) is 10.7. The molecule has 1 aliphatic rings. The fourth-order valence-electron chi connectivity index (χ4n) is 2.80. The van der Waals surface area contributed by atoms with E-state index in [1.54, 1.807) is 0 Å². The summed E-state index contributed by atoms with van der Waals surface area (Å²) < 4.78 is 4.60. The highest BCUT2D eigenvalue weighted by molar-refractivity contribution is 6.31. The van der Waals surface area contributed by atoms with Gasteiger partial charge in [0.25, 0.3) is 0 Å². The fourth-order valence-corrected chi connectivity index (χ4v) is 2.92. The molecule has 5 heteroatoms. The van der Waals surface area contributed by atoms with Crippen molar-refractivity contribution in [1.82, 2.24) is 4.90 Å². The monoisotopic (exact) mass is 311 g/mol. The molecule has 1 aliphatic heterocycles. The lowest BCUT2D eigenvalue weighted by Gasteiger charge is -2.33. The minimum absolute atomic E-state index is 0.000605. The summed E-state index contributed by atoms with van der Waals surface area (Å²) in [6, 6.07) is 6.09. The van der Waals surface area contributed by atoms with Crippen LogP contribution in [-0.2, 0) is 16.1 Å². The Labute approximate surface area is 130 Å². The molecule has 21 heavy (non-hydrogen) atoms. The summed E-state index contributed by atoms with van der Waals surface area (Å²) in [6.45, 7) is 4.63. The lowest BCUT2D eigenvalue weighted by atomic mass is 9.91. The highest BCUT2D eigenvalue weighted by Crippen LogP contribution is 2.24. The van der Waals surface area contributed by atoms with Gasteiger partial charge < -0.3 is 9.84 Å². The van der Waals surface area contributed by atoms with Crippen molar-refractivity contribution in [2.45, 2.75) is 32.4 Å². The third-order valence-corrected chi connectivity index (χ3v) is 4.57. The van der Waals surface area contributed by atoms with Crippen LogP contribution >= 0.6 is 11.6 Å². The molecule has 1 heterocycles. The number of carbonyl (C=O) groups is 1. The zero-order chi connectivity index (χ0) is 15.4. The zero-order valence-electron chi connectivity index (χ0n) is 12.5. The Morgan fingerprint density at radius 1 is 1.48 bits per heavy atom. The van der Waals surface area contributed by atoms with Crippen molar-refractivity contribution in [3.63, 3.8) is 0 Å². The molecule has 0 spiro atoms. The molecule has 0 saturated carbocycles. The first kappa shape index (κ1) is 16.3. The molecule has 0 bridgehead atoms. The number of aliphatic hydroxyl groups excluding tert-OH is 1. The van der Waals surface area contributed by atoms with Gasteiger partial charge in [-0.3, -0.25) is 4.90 Å². The number of esters is 1. The minimum atomic E-state index is -0.991. The number of aryl methyl sites for hydroxylation is 1. The van der Waals surface area contributed by atoms with Gasteiger partial charge in [0.15, 0.2) is 6.10 Å². The second kappa shape index (κ2) is 7.25. The zero-order valence-corrected chi connectivity index (χ0v) is 13.3. The lowest BCUT2D eigenvalue weighted by Crippen LogP contribution is -2.40. The normalized spacial score (nSPS) is 18.5. The number of likely N-dealkylation sites (tertiary alicyclic amines) is 1. The van der Waals surface area contributed by atoms with Crippen LogP contribution in [0.15, 0.2) is 18.2 Å². The number of piperidine rings is 1. The van der Waals surface area contributed by atoms with Gasteiger partial charge in [-0.05, 0) is 56.0 Å². The van der Waals surface area contributed by atoms with Crippen molar-refractivity contribution in [2.75, 3.05) is 20.2 Å². The number of ether oxygens (including phenoxy) is 1. The van der Waals surface area contributed by atoms with Crippen LogP contribution in [0.1, 0.15) is 24.0 Å². The molecule has 0 amide bonds. The van der Waals surface area contributed by atoms with E-state index < -0.39 is 12.1 Å². The number of carbonyl (C=O) groups excluding carboxylic acids is 1. The van der Waals surface area contributed by atoms with E-state index in [1.807, 2.05) is 19.1 Å². The smallest absolute Gasteiger partial charge is 0.334 e. The van der Waals surface area contributed by atoms with E-state index in [1.165, 1.54) is 12.7 Å². The number of rotatable bonds is 4. The van der Waals surface area contributed by atoms with Gasteiger partial charge in [-0.1, -0.05) is 23.7 Å². The molecule has 116 valence electrons. The molecule has 1 aromatic rings. The molecule has 2 rings (SSSR count). The van der Waals surface area contributed by atoms with Crippen LogP contribution < -0.4 is 0 Å². The third kappa shape index (κ3) is 4.19. The van der Waals surface area contributed by atoms with Crippen molar-refractivity contribution < 1.29 is 14.6 Å². The standard InChI is InChI=1S/C16H22ClNO3/c1-11-9-12(3-4-14(11)17)10-18-7-5-13(6-8-18)15(19)16(20)21-2/h3-4,9,13,15,19H,5-8,10H2,1-2H3. The van der Waals surface area contributed by atoms with Crippen LogP contribution in [0.5, 0.6) is 0 Å². The van der Waals surface area contributed by atoms with Gasteiger partial charge in [-0.15, -0.1) is 0 Å². The first-order valence-corrected chi connectivity index (χ1v) is 7.62. The van der Waals surface area contributed by atoms with Gasteiger partial charge in [0.05, 0.1) is 7.11 Å². The maximum Gasteiger partial charge on any atom is 0.334 e. The Bertz CT molecular complexity index is 498. The van der Waals surface area contributed by atoms with Crippen LogP contribution in [0.2, 0.25) is 5.02 Å². The highest BCUT2D eigenvalue weighted by Gasteiger charge is 2.30. The van der Waals surface area contributed by atoms with E-state index in [9.17, 15) is 9.90 Å². The molecular weight excluding hydrogens is 290 g/mol. The van der Waals surface area contributed by atoms with Gasteiger partial charge >= 0.3 is 5.97 Å². The molecule has 1 fully saturated rings. The topological polar surface area (TPSA) is 49.8 Å². The largest absolute Gasteiger partial charge is 0.467 e. The number of aliphatic hydroxyl groups is 1. The van der Waals surface area contributed by atoms with E-state index in [4.69, 9.17) is 11.6 Å². The molecule has 1 saturated heterocycles. The van der Waals surface area contributed by atoms with E-state index in [0.29, 0.717) is 0 Å². The maximum atomic E-state index is 11.4. The number of hydrogen-bond acceptors (Lipinski definition) is 4. The Morgan fingerprint density at radius 3 is 2.71 bits per heavy atom. The second-order valence-electron chi connectivity index (χ2n) is 5.67. The minimum Gasteiger partial charge on any atom is -0.467 e. The lowest BCUT2D eigenvalue weighted by molar-refractivity contribution is -0.154. The predicted octanol–water partition coefficient (Wildman–Crippen LogP) is 2.39. The average Bonchev–Trinajstić information content (AvgIpc) is 2.50. The highest BCUT2D eigenvalue weighted by atomic mass is 35.5. The molecular formula is C16H22ClNO3. The van der Waals surface area contributed by atoms with Crippen LogP contribution in [0.25, 0.3) is 0 Å². The molecule has 0 aromatic heterocycles. The average molecular weight is 312 g/mol. The van der Waals surface area contributed by atoms with Crippen molar-refractivity contribution in [2.24, 2.45) is 5.92 Å². The van der Waals surface area contributed by atoms with Crippen LogP contribution in [0, 0.1) is 12.8 Å². The molecule has 1 N–H and O–H groups in total. The van der Waals surface area contributed by atoms with Crippen molar-refractivity contribution >= 4 is 17.6 Å². The number of nitrogens with zero attached hydrogens (tertiary/aromatic N) is 1. The molecule has 1 unspecified atom stereocenters. The van der Waals surface area contributed by atoms with Crippen LogP contribution in [0.3, 0.4) is 0 Å². The van der Waals surface area contributed by atoms with Gasteiger partial charge in [-0.2, -0.15) is 0 Å². The van der Waals surface area contributed by atoms with Gasteiger partial charge in [0.1, 0.15) is 0 Å².